The van der Waals surface area contributed by atoms with Crippen LogP contribution in [0, 0.1) is 17.5 Å². The van der Waals surface area contributed by atoms with Crippen LogP contribution in [0.5, 0.6) is 0 Å². The van der Waals surface area contributed by atoms with Gasteiger partial charge < -0.3 is 19.7 Å². The van der Waals surface area contributed by atoms with Crippen LogP contribution < -0.4 is 10.2 Å². The molecule has 1 aromatic heterocycles. The van der Waals surface area contributed by atoms with Gasteiger partial charge in [-0.25, -0.2) is 13.2 Å². The quantitative estimate of drug-likeness (QED) is 0.491. The first-order valence-corrected chi connectivity index (χ1v) is 11.3. The summed E-state index contributed by atoms with van der Waals surface area (Å²) in [7, 11) is 0. The van der Waals surface area contributed by atoms with E-state index in [2.05, 4.69) is 20.4 Å². The number of rotatable bonds is 7. The minimum atomic E-state index is -1.63. The van der Waals surface area contributed by atoms with Gasteiger partial charge in [0.15, 0.2) is 22.6 Å². The normalized spacial score (nSPS) is 19.9. The number of halogens is 3. The molecule has 0 spiro atoms. The minimum Gasteiger partial charge on any atom is -0.378 e. The van der Waals surface area contributed by atoms with Gasteiger partial charge in [-0.2, -0.15) is 0 Å². The van der Waals surface area contributed by atoms with Gasteiger partial charge in [0.25, 0.3) is 0 Å². The molecule has 2 aliphatic heterocycles. The maximum Gasteiger partial charge on any atom is 0.237 e. The maximum atomic E-state index is 13.9. The lowest BCUT2D eigenvalue weighted by Gasteiger charge is -2.28. The second-order valence-corrected chi connectivity index (χ2v) is 8.91. The molecule has 12 heteroatoms. The van der Waals surface area contributed by atoms with E-state index >= 15 is 0 Å². The molecule has 32 heavy (non-hydrogen) atoms. The highest BCUT2D eigenvalue weighted by Gasteiger charge is 2.27. The molecule has 4 rings (SSSR count). The molecule has 174 valence electrons. The summed E-state index contributed by atoms with van der Waals surface area (Å²) in [4.78, 5) is 14.7. The number of carbonyl (C=O) groups is 1. The largest absolute Gasteiger partial charge is 0.378 e. The molecule has 1 amide bonds. The van der Waals surface area contributed by atoms with E-state index in [9.17, 15) is 18.0 Å². The van der Waals surface area contributed by atoms with E-state index in [-0.39, 0.29) is 6.10 Å². The molecule has 1 N–H and O–H groups in total. The van der Waals surface area contributed by atoms with Crippen molar-refractivity contribution in [2.75, 3.05) is 43.1 Å². The number of aromatic nitrogens is 3. The van der Waals surface area contributed by atoms with E-state index in [0.717, 1.165) is 36.7 Å². The lowest BCUT2D eigenvalue weighted by Crippen LogP contribution is -2.38. The van der Waals surface area contributed by atoms with Crippen molar-refractivity contribution in [3.8, 4) is 0 Å². The zero-order chi connectivity index (χ0) is 22.7. The molecule has 2 fully saturated rings. The van der Waals surface area contributed by atoms with E-state index in [0.29, 0.717) is 50.6 Å². The summed E-state index contributed by atoms with van der Waals surface area (Å²) in [6.07, 6.45) is 1.95. The third-order valence-electron chi connectivity index (χ3n) is 5.35. The molecule has 2 unspecified atom stereocenters. The molecule has 0 aliphatic carbocycles. The fourth-order valence-corrected chi connectivity index (χ4v) is 4.44. The number of nitrogens with one attached hydrogen (secondary N) is 1. The molecule has 2 aromatic rings. The van der Waals surface area contributed by atoms with Gasteiger partial charge in [-0.3, -0.25) is 9.36 Å². The molecule has 0 radical (unpaired) electrons. The smallest absolute Gasteiger partial charge is 0.237 e. The average molecular weight is 472 g/mol. The number of nitrogens with zero attached hydrogens (tertiary/aromatic N) is 4. The van der Waals surface area contributed by atoms with Crippen molar-refractivity contribution in [2.45, 2.75) is 42.8 Å². The number of hydrogen-bond donors (Lipinski definition) is 1. The second kappa shape index (κ2) is 10.1. The van der Waals surface area contributed by atoms with Gasteiger partial charge in [0.1, 0.15) is 0 Å². The third-order valence-corrected chi connectivity index (χ3v) is 6.43. The number of amides is 1. The summed E-state index contributed by atoms with van der Waals surface area (Å²) in [6.45, 7) is 5.42. The van der Waals surface area contributed by atoms with Gasteiger partial charge in [-0.1, -0.05) is 11.8 Å². The van der Waals surface area contributed by atoms with E-state index in [1.54, 1.807) is 6.92 Å². The first-order chi connectivity index (χ1) is 15.4. The SMILES string of the molecule is CC(Sc1nnc(N2CCOCC2)n1CC1CCCO1)C(=O)Nc1ccc(F)c(F)c1F. The van der Waals surface area contributed by atoms with Gasteiger partial charge in [-0.05, 0) is 31.9 Å². The molecular formula is C20H24F3N5O3S. The Labute approximate surface area is 187 Å². The molecule has 2 saturated heterocycles. The van der Waals surface area contributed by atoms with Gasteiger partial charge in [0.05, 0.1) is 36.8 Å². The fourth-order valence-electron chi connectivity index (χ4n) is 3.59. The number of anilines is 2. The number of carbonyl (C=O) groups excluding carboxylic acids is 1. The molecular weight excluding hydrogens is 447 g/mol. The Hall–Kier alpha value is -2.31. The summed E-state index contributed by atoms with van der Waals surface area (Å²) in [5, 5.41) is 10.8. The Morgan fingerprint density at radius 3 is 2.72 bits per heavy atom. The summed E-state index contributed by atoms with van der Waals surface area (Å²) >= 11 is 1.15. The number of morpholine rings is 1. The molecule has 0 saturated carbocycles. The van der Waals surface area contributed by atoms with Crippen LogP contribution in [0.3, 0.4) is 0 Å². The topological polar surface area (TPSA) is 81.5 Å². The van der Waals surface area contributed by atoms with Crippen molar-refractivity contribution >= 4 is 29.3 Å². The third kappa shape index (κ3) is 5.02. The molecule has 3 heterocycles. The van der Waals surface area contributed by atoms with Crippen LogP contribution in [-0.2, 0) is 20.8 Å². The predicted octanol–water partition coefficient (Wildman–Crippen LogP) is 2.83. The van der Waals surface area contributed by atoms with Crippen LogP contribution in [0.25, 0.3) is 0 Å². The monoisotopic (exact) mass is 471 g/mol. The van der Waals surface area contributed by atoms with Crippen LogP contribution >= 0.6 is 11.8 Å². The molecule has 8 nitrogen and oxygen atoms in total. The first-order valence-electron chi connectivity index (χ1n) is 10.4. The second-order valence-electron chi connectivity index (χ2n) is 7.60. The highest BCUT2D eigenvalue weighted by molar-refractivity contribution is 8.00. The lowest BCUT2D eigenvalue weighted by molar-refractivity contribution is -0.115. The number of hydrogen-bond acceptors (Lipinski definition) is 7. The van der Waals surface area contributed by atoms with E-state index in [4.69, 9.17) is 9.47 Å². The Kier molecular flexibility index (Phi) is 7.21. The zero-order valence-electron chi connectivity index (χ0n) is 17.5. The summed E-state index contributed by atoms with van der Waals surface area (Å²) in [6, 6.07) is 1.75. The Bertz CT molecular complexity index is 964. The van der Waals surface area contributed by atoms with Gasteiger partial charge in [0.2, 0.25) is 11.9 Å². The molecule has 2 aliphatic rings. The average Bonchev–Trinajstić information content (AvgIpc) is 3.45. The Morgan fingerprint density at radius 2 is 2.00 bits per heavy atom. The molecule has 0 bridgehead atoms. The molecule has 1 aromatic carbocycles. The minimum absolute atomic E-state index is 0.0329. The van der Waals surface area contributed by atoms with E-state index in [1.807, 2.05) is 4.57 Å². The van der Waals surface area contributed by atoms with Crippen molar-refractivity contribution < 1.29 is 27.4 Å². The number of ether oxygens (including phenoxy) is 2. The summed E-state index contributed by atoms with van der Waals surface area (Å²) in [5.74, 6) is -4.27. The fraction of sp³-hybridized carbons (Fsp3) is 0.550. The maximum absolute atomic E-state index is 13.9. The van der Waals surface area contributed by atoms with Gasteiger partial charge in [-0.15, -0.1) is 10.2 Å². The molecule has 2 atom stereocenters. The van der Waals surface area contributed by atoms with Crippen LogP contribution in [0.4, 0.5) is 24.8 Å². The number of benzene rings is 1. The van der Waals surface area contributed by atoms with Crippen molar-refractivity contribution in [3.63, 3.8) is 0 Å². The first kappa shape index (κ1) is 22.9. The van der Waals surface area contributed by atoms with Crippen LogP contribution in [0.2, 0.25) is 0 Å². The van der Waals surface area contributed by atoms with Crippen molar-refractivity contribution in [1.29, 1.82) is 0 Å². The predicted molar refractivity (Wildman–Crippen MR) is 112 cm³/mol. The Morgan fingerprint density at radius 1 is 1.22 bits per heavy atom. The lowest BCUT2D eigenvalue weighted by atomic mass is 10.2. The summed E-state index contributed by atoms with van der Waals surface area (Å²) < 4.78 is 53.7. The van der Waals surface area contributed by atoms with Crippen molar-refractivity contribution in [3.05, 3.63) is 29.6 Å². The van der Waals surface area contributed by atoms with Crippen LogP contribution in [0.15, 0.2) is 17.3 Å². The van der Waals surface area contributed by atoms with Crippen molar-refractivity contribution in [2.24, 2.45) is 0 Å². The van der Waals surface area contributed by atoms with Gasteiger partial charge in [0, 0.05) is 19.7 Å². The van der Waals surface area contributed by atoms with Gasteiger partial charge >= 0.3 is 0 Å². The van der Waals surface area contributed by atoms with Crippen LogP contribution in [0.1, 0.15) is 19.8 Å². The Balaban J connectivity index is 1.50. The zero-order valence-corrected chi connectivity index (χ0v) is 18.3. The highest BCUT2D eigenvalue weighted by atomic mass is 32.2. The standard InChI is InChI=1S/C20H24F3N5O3S/c1-12(18(29)24-15-5-4-14(21)16(22)17(15)23)32-20-26-25-19(27-6-9-30-10-7-27)28(20)11-13-3-2-8-31-13/h4-5,12-13H,2-3,6-11H2,1H3,(H,24,29). The highest BCUT2D eigenvalue weighted by Crippen LogP contribution is 2.29. The summed E-state index contributed by atoms with van der Waals surface area (Å²) in [5.41, 5.74) is -0.420. The van der Waals surface area contributed by atoms with E-state index in [1.165, 1.54) is 0 Å². The number of thioether (sulfide) groups is 1. The van der Waals surface area contributed by atoms with Crippen LogP contribution in [-0.4, -0.2) is 64.9 Å². The van der Waals surface area contributed by atoms with Crippen molar-refractivity contribution in [1.82, 2.24) is 14.8 Å². The van der Waals surface area contributed by atoms with E-state index < -0.39 is 34.3 Å².